The van der Waals surface area contributed by atoms with Gasteiger partial charge < -0.3 is 0 Å². The van der Waals surface area contributed by atoms with E-state index in [1.54, 1.807) is 6.07 Å². The first-order valence-corrected chi connectivity index (χ1v) is 2.93. The van der Waals surface area contributed by atoms with Crippen molar-refractivity contribution in [1.29, 1.82) is 0 Å². The Bertz CT molecular complexity index is 264. The van der Waals surface area contributed by atoms with E-state index < -0.39 is 5.82 Å². The van der Waals surface area contributed by atoms with Crippen LogP contribution in [0.3, 0.4) is 0 Å². The summed E-state index contributed by atoms with van der Waals surface area (Å²) in [5.41, 5.74) is 0.0162. The second-order valence-corrected chi connectivity index (χ2v) is 1.91. The molecule has 0 aromatic heterocycles. The van der Waals surface area contributed by atoms with Gasteiger partial charge >= 0.3 is 6.41 Å². The average molecular weight is 153 g/mol. The second-order valence-electron chi connectivity index (χ2n) is 1.91. The summed E-state index contributed by atoms with van der Waals surface area (Å²) in [6.45, 7) is 0. The van der Waals surface area contributed by atoms with E-state index in [1.165, 1.54) is 24.6 Å². The summed E-state index contributed by atoms with van der Waals surface area (Å²) in [7, 11) is 0. The van der Waals surface area contributed by atoms with E-state index in [0.717, 1.165) is 0 Å². The van der Waals surface area contributed by atoms with Crippen LogP contribution in [0.2, 0.25) is 0 Å². The Labute approximate surface area is 63.2 Å². The lowest BCUT2D eigenvalue weighted by Gasteiger charge is -2.08. The van der Waals surface area contributed by atoms with Crippen LogP contribution in [0.15, 0.2) is 24.3 Å². The summed E-state index contributed by atoms with van der Waals surface area (Å²) >= 11 is 0. The fraction of sp³-hybridized carbons (Fsp3) is 0. The Kier molecular flexibility index (Phi) is 2.18. The standard InChI is InChI=1S/C7H6FN2O/c8-6-3-1-2-4-7(6)10(9)5-11/h1-4H,9H2. The van der Waals surface area contributed by atoms with Crippen molar-refractivity contribution in [1.82, 2.24) is 0 Å². The van der Waals surface area contributed by atoms with Crippen molar-refractivity contribution in [3.8, 4) is 0 Å². The molecule has 11 heavy (non-hydrogen) atoms. The van der Waals surface area contributed by atoms with Crippen molar-refractivity contribution in [2.75, 3.05) is 5.01 Å². The fourth-order valence-corrected chi connectivity index (χ4v) is 0.696. The minimum Gasteiger partial charge on any atom is -0.261 e. The van der Waals surface area contributed by atoms with Crippen molar-refractivity contribution < 1.29 is 9.18 Å². The highest BCUT2D eigenvalue weighted by Crippen LogP contribution is 2.13. The summed E-state index contributed by atoms with van der Waals surface area (Å²) in [4.78, 5) is 9.97. The fourth-order valence-electron chi connectivity index (χ4n) is 0.696. The van der Waals surface area contributed by atoms with Gasteiger partial charge in [-0.25, -0.2) is 15.2 Å². The van der Waals surface area contributed by atoms with E-state index >= 15 is 0 Å². The zero-order chi connectivity index (χ0) is 8.27. The maximum atomic E-state index is 12.7. The number of hydrazine groups is 1. The molecule has 0 saturated heterocycles. The van der Waals surface area contributed by atoms with Crippen LogP contribution in [0.25, 0.3) is 0 Å². The number of hydrogen-bond donors (Lipinski definition) is 1. The Balaban J connectivity index is 3.02. The smallest absolute Gasteiger partial charge is 0.261 e. The van der Waals surface area contributed by atoms with Gasteiger partial charge in [-0.2, -0.15) is 0 Å². The number of benzene rings is 1. The lowest BCUT2D eigenvalue weighted by Crippen LogP contribution is -2.29. The zero-order valence-corrected chi connectivity index (χ0v) is 5.62. The van der Waals surface area contributed by atoms with Gasteiger partial charge in [0.2, 0.25) is 0 Å². The lowest BCUT2D eigenvalue weighted by molar-refractivity contribution is 0.549. The summed E-state index contributed by atoms with van der Waals surface area (Å²) in [5, 5.41) is 0.565. The number of nitrogens with zero attached hydrogens (tertiary/aromatic N) is 1. The molecule has 1 aromatic rings. The highest BCUT2D eigenvalue weighted by Gasteiger charge is 2.05. The second kappa shape index (κ2) is 3.12. The van der Waals surface area contributed by atoms with Gasteiger partial charge in [-0.15, -0.1) is 0 Å². The van der Waals surface area contributed by atoms with Crippen LogP contribution in [-0.4, -0.2) is 6.41 Å². The summed E-state index contributed by atoms with van der Waals surface area (Å²) in [5.74, 6) is 4.52. The summed E-state index contributed by atoms with van der Waals surface area (Å²) in [6.07, 6.45) is 1.34. The molecule has 1 amide bonds. The van der Waals surface area contributed by atoms with Crippen LogP contribution < -0.4 is 10.9 Å². The topological polar surface area (TPSA) is 46.3 Å². The van der Waals surface area contributed by atoms with Gasteiger partial charge in [-0.05, 0) is 12.1 Å². The van der Waals surface area contributed by atoms with Crippen LogP contribution in [0, 0.1) is 5.82 Å². The van der Waals surface area contributed by atoms with Gasteiger partial charge in [0, 0.05) is 0 Å². The number of rotatable bonds is 2. The first-order valence-electron chi connectivity index (χ1n) is 2.93. The molecule has 57 valence electrons. The molecule has 0 bridgehead atoms. The molecule has 0 atom stereocenters. The van der Waals surface area contributed by atoms with Crippen LogP contribution in [-0.2, 0) is 4.79 Å². The minimum atomic E-state index is -0.543. The average Bonchev–Trinajstić information content (AvgIpc) is 2.04. The highest BCUT2D eigenvalue weighted by atomic mass is 19.1. The third kappa shape index (κ3) is 1.53. The number of para-hydroxylation sites is 1. The van der Waals surface area contributed by atoms with E-state index in [9.17, 15) is 9.18 Å². The molecule has 1 rings (SSSR count). The van der Waals surface area contributed by atoms with Crippen molar-refractivity contribution in [3.05, 3.63) is 30.1 Å². The van der Waals surface area contributed by atoms with Gasteiger partial charge in [0.1, 0.15) is 5.82 Å². The number of anilines is 1. The monoisotopic (exact) mass is 153 g/mol. The largest absolute Gasteiger partial charge is 0.332 e. The molecule has 0 aliphatic carbocycles. The van der Waals surface area contributed by atoms with Crippen molar-refractivity contribution in [3.63, 3.8) is 0 Å². The van der Waals surface area contributed by atoms with Crippen LogP contribution in [0.1, 0.15) is 0 Å². The third-order valence-electron chi connectivity index (χ3n) is 1.21. The first kappa shape index (κ1) is 7.68. The molecule has 0 saturated carbocycles. The normalized spacial score (nSPS) is 9.27. The maximum absolute atomic E-state index is 12.7. The number of nitrogens with two attached hydrogens (primary N) is 1. The minimum absolute atomic E-state index is 0.0162. The van der Waals surface area contributed by atoms with Crippen LogP contribution in [0.4, 0.5) is 10.1 Å². The molecule has 1 radical (unpaired) electrons. The molecule has 3 nitrogen and oxygen atoms in total. The number of halogens is 1. The van der Waals surface area contributed by atoms with E-state index in [-0.39, 0.29) is 5.69 Å². The zero-order valence-electron chi connectivity index (χ0n) is 5.62. The predicted octanol–water partition coefficient (Wildman–Crippen LogP) is 0.573. The lowest BCUT2D eigenvalue weighted by atomic mass is 10.3. The number of carbonyl (C=O) groups excluding carboxylic acids is 1. The van der Waals surface area contributed by atoms with E-state index in [2.05, 4.69) is 0 Å². The predicted molar refractivity (Wildman–Crippen MR) is 38.8 cm³/mol. The van der Waals surface area contributed by atoms with Crippen LogP contribution >= 0.6 is 0 Å². The molecule has 0 spiro atoms. The van der Waals surface area contributed by atoms with Gasteiger partial charge in [0.05, 0.1) is 5.69 Å². The Morgan fingerprint density at radius 1 is 1.45 bits per heavy atom. The SMILES string of the molecule is NN([C]=O)c1ccccc1F. The summed E-state index contributed by atoms with van der Waals surface area (Å²) in [6, 6.07) is 5.69. The Morgan fingerprint density at radius 2 is 2.09 bits per heavy atom. The number of amides is 1. The third-order valence-corrected chi connectivity index (χ3v) is 1.21. The van der Waals surface area contributed by atoms with Gasteiger partial charge in [-0.1, -0.05) is 12.1 Å². The van der Waals surface area contributed by atoms with Crippen LogP contribution in [0.5, 0.6) is 0 Å². The van der Waals surface area contributed by atoms with E-state index in [0.29, 0.717) is 5.01 Å². The molecule has 0 unspecified atom stereocenters. The van der Waals surface area contributed by atoms with E-state index in [4.69, 9.17) is 5.84 Å². The van der Waals surface area contributed by atoms with Crippen molar-refractivity contribution in [2.24, 2.45) is 5.84 Å². The molecule has 0 heterocycles. The van der Waals surface area contributed by atoms with Gasteiger partial charge in [-0.3, -0.25) is 4.79 Å². The molecular formula is C7H6FN2O. The maximum Gasteiger partial charge on any atom is 0.332 e. The van der Waals surface area contributed by atoms with Crippen molar-refractivity contribution >= 4 is 12.1 Å². The molecule has 1 aromatic carbocycles. The van der Waals surface area contributed by atoms with Crippen molar-refractivity contribution in [2.45, 2.75) is 0 Å². The first-order chi connectivity index (χ1) is 5.25. The quantitative estimate of drug-likeness (QED) is 0.292. The molecule has 0 aliphatic rings. The Morgan fingerprint density at radius 3 is 2.64 bits per heavy atom. The molecule has 0 fully saturated rings. The molecule has 0 aliphatic heterocycles. The van der Waals surface area contributed by atoms with E-state index in [1.807, 2.05) is 0 Å². The molecule has 4 heteroatoms. The highest BCUT2D eigenvalue weighted by molar-refractivity contribution is 5.73. The molecule has 2 N–H and O–H groups in total. The van der Waals surface area contributed by atoms with Gasteiger partial charge in [0.15, 0.2) is 0 Å². The Hall–Kier alpha value is -1.42. The number of hydrogen-bond acceptors (Lipinski definition) is 2. The summed E-state index contributed by atoms with van der Waals surface area (Å²) < 4.78 is 12.7. The van der Waals surface area contributed by atoms with Gasteiger partial charge in [0.25, 0.3) is 0 Å². The molecular weight excluding hydrogens is 147 g/mol.